The van der Waals surface area contributed by atoms with Crippen molar-refractivity contribution in [3.8, 4) is 0 Å². The number of ether oxygens (including phenoxy) is 1. The standard InChI is InChI=1S/C24H44N4O6Si2/c1-15(2)35(16(3)4)31-13-19-22(33-36(34-35,17(5)6)18(7)8)21(29)23(32-19)28-12-11-20(26-24(28)30)25-14-27(9)10/h11-12,14-19,21-23,29H,13H2,1-10H3/t19-,21-,22-,23-/m1/s1. The fourth-order valence-corrected chi connectivity index (χ4v) is 16.4. The third-order valence-electron chi connectivity index (χ3n) is 7.15. The van der Waals surface area contributed by atoms with Crippen molar-refractivity contribution >= 4 is 29.3 Å². The van der Waals surface area contributed by atoms with Gasteiger partial charge in [-0.15, -0.1) is 0 Å². The van der Waals surface area contributed by atoms with E-state index >= 15 is 0 Å². The first kappa shape index (κ1) is 29.1. The summed E-state index contributed by atoms with van der Waals surface area (Å²) >= 11 is 0. The summed E-state index contributed by atoms with van der Waals surface area (Å²) in [4.78, 5) is 22.9. The van der Waals surface area contributed by atoms with Crippen LogP contribution in [0.25, 0.3) is 0 Å². The van der Waals surface area contributed by atoms with Crippen molar-refractivity contribution in [2.24, 2.45) is 4.99 Å². The Morgan fingerprint density at radius 2 is 1.67 bits per heavy atom. The lowest BCUT2D eigenvalue weighted by Crippen LogP contribution is -2.65. The van der Waals surface area contributed by atoms with Gasteiger partial charge in [-0.1, -0.05) is 55.4 Å². The zero-order valence-electron chi connectivity index (χ0n) is 23.3. The second kappa shape index (κ2) is 11.1. The summed E-state index contributed by atoms with van der Waals surface area (Å²) in [6.45, 7) is 17.4. The Balaban J connectivity index is 2.01. The van der Waals surface area contributed by atoms with Crippen molar-refractivity contribution in [1.29, 1.82) is 0 Å². The van der Waals surface area contributed by atoms with Crippen molar-refractivity contribution in [1.82, 2.24) is 14.5 Å². The van der Waals surface area contributed by atoms with E-state index in [4.69, 9.17) is 17.7 Å². The van der Waals surface area contributed by atoms with Crippen LogP contribution < -0.4 is 5.69 Å². The highest BCUT2D eigenvalue weighted by molar-refractivity contribution is 6.83. The maximum Gasteiger partial charge on any atom is 0.351 e. The molecule has 0 unspecified atom stereocenters. The first-order valence-electron chi connectivity index (χ1n) is 12.9. The molecular weight excluding hydrogens is 496 g/mol. The molecule has 0 bridgehead atoms. The van der Waals surface area contributed by atoms with E-state index in [-0.39, 0.29) is 34.6 Å². The van der Waals surface area contributed by atoms with Crippen LogP contribution in [-0.2, 0) is 17.7 Å². The molecule has 3 heterocycles. The summed E-state index contributed by atoms with van der Waals surface area (Å²) in [6, 6.07) is 1.62. The van der Waals surface area contributed by atoms with Crippen LogP contribution in [0.3, 0.4) is 0 Å². The highest BCUT2D eigenvalue weighted by Gasteiger charge is 2.61. The number of aromatic nitrogens is 2. The Hall–Kier alpha value is -1.42. The molecule has 1 aromatic heterocycles. The molecule has 0 spiro atoms. The van der Waals surface area contributed by atoms with Gasteiger partial charge < -0.3 is 27.7 Å². The lowest BCUT2D eigenvalue weighted by Gasteiger charge is -2.51. The van der Waals surface area contributed by atoms with Gasteiger partial charge >= 0.3 is 22.8 Å². The van der Waals surface area contributed by atoms with Crippen LogP contribution in [0, 0.1) is 0 Å². The number of fused-ring (bicyclic) bond motifs is 1. The number of rotatable bonds is 7. The van der Waals surface area contributed by atoms with Gasteiger partial charge in [-0.2, -0.15) is 4.98 Å². The van der Waals surface area contributed by atoms with Crippen molar-refractivity contribution in [2.75, 3.05) is 20.7 Å². The number of aliphatic imine (C=N–C) groups is 1. The molecule has 0 radical (unpaired) electrons. The SMILES string of the molecule is CC(C)[Si]1(C(C)C)OC[C@H]2O[C@@H](n3ccc(N=CN(C)C)nc3=O)[C@H](O)[C@@H]2O[Si](C(C)C)(C(C)C)O1. The summed E-state index contributed by atoms with van der Waals surface area (Å²) in [7, 11) is -1.97. The van der Waals surface area contributed by atoms with E-state index in [9.17, 15) is 9.90 Å². The highest BCUT2D eigenvalue weighted by Crippen LogP contribution is 2.48. The molecule has 0 amide bonds. The minimum Gasteiger partial charge on any atom is -0.414 e. The van der Waals surface area contributed by atoms with E-state index in [0.717, 1.165) is 0 Å². The Bertz CT molecular complexity index is 968. The molecule has 2 fully saturated rings. The molecule has 2 aliphatic rings. The molecule has 2 aliphatic heterocycles. The molecule has 3 rings (SSSR count). The molecule has 0 aromatic carbocycles. The van der Waals surface area contributed by atoms with E-state index in [1.165, 1.54) is 4.57 Å². The molecule has 10 nitrogen and oxygen atoms in total. The highest BCUT2D eigenvalue weighted by atomic mass is 28.5. The Labute approximate surface area is 217 Å². The van der Waals surface area contributed by atoms with Crippen molar-refractivity contribution in [3.63, 3.8) is 0 Å². The Kier molecular flexibility index (Phi) is 9.02. The summed E-state index contributed by atoms with van der Waals surface area (Å²) < 4.78 is 28.4. The second-order valence-electron chi connectivity index (χ2n) is 11.3. The minimum atomic E-state index is -2.91. The maximum atomic E-state index is 12.9. The average Bonchev–Trinajstić information content (AvgIpc) is 3.06. The van der Waals surface area contributed by atoms with E-state index < -0.39 is 47.4 Å². The maximum absolute atomic E-state index is 12.9. The van der Waals surface area contributed by atoms with Crippen LogP contribution in [0.5, 0.6) is 0 Å². The van der Waals surface area contributed by atoms with Gasteiger partial charge in [-0.25, -0.2) is 9.79 Å². The molecule has 4 atom stereocenters. The second-order valence-corrected chi connectivity index (χ2v) is 20.1. The smallest absolute Gasteiger partial charge is 0.351 e. The summed E-state index contributed by atoms with van der Waals surface area (Å²) in [5.41, 5.74) is 0.0862. The predicted molar refractivity (Wildman–Crippen MR) is 144 cm³/mol. The normalized spacial score (nSPS) is 28.2. The largest absolute Gasteiger partial charge is 0.414 e. The molecular formula is C24H44N4O6Si2. The zero-order chi connectivity index (χ0) is 27.0. The zero-order valence-corrected chi connectivity index (χ0v) is 25.3. The van der Waals surface area contributed by atoms with Gasteiger partial charge in [0.15, 0.2) is 12.0 Å². The average molecular weight is 541 g/mol. The number of hydrogen-bond acceptors (Lipinski definition) is 8. The third kappa shape index (κ3) is 5.40. The first-order chi connectivity index (χ1) is 16.7. The monoisotopic (exact) mass is 540 g/mol. The van der Waals surface area contributed by atoms with Gasteiger partial charge in [0.05, 0.1) is 12.9 Å². The molecule has 1 aromatic rings. The summed E-state index contributed by atoms with van der Waals surface area (Å²) in [5, 5.41) is 11.4. The number of aliphatic hydroxyl groups is 1. The Morgan fingerprint density at radius 1 is 1.08 bits per heavy atom. The van der Waals surface area contributed by atoms with E-state index in [1.54, 1.807) is 23.5 Å². The van der Waals surface area contributed by atoms with Gasteiger partial charge in [-0.05, 0) is 28.2 Å². The molecule has 1 N–H and O–H groups in total. The molecule has 0 saturated carbocycles. The molecule has 204 valence electrons. The van der Waals surface area contributed by atoms with Crippen molar-refractivity contribution in [3.05, 3.63) is 22.7 Å². The number of aliphatic hydroxyl groups excluding tert-OH is 1. The van der Waals surface area contributed by atoms with Crippen LogP contribution in [0.2, 0.25) is 22.2 Å². The number of hydrogen-bond donors (Lipinski definition) is 1. The molecule has 12 heteroatoms. The van der Waals surface area contributed by atoms with Gasteiger partial charge in [0.25, 0.3) is 0 Å². The summed E-state index contributed by atoms with van der Waals surface area (Å²) in [5.74, 6) is 0.284. The third-order valence-corrected chi connectivity index (χ3v) is 17.4. The van der Waals surface area contributed by atoms with Gasteiger partial charge in [0, 0.05) is 20.3 Å². The van der Waals surface area contributed by atoms with E-state index in [1.807, 2.05) is 14.1 Å². The van der Waals surface area contributed by atoms with Crippen LogP contribution in [-0.4, -0.2) is 82.0 Å². The lowest BCUT2D eigenvalue weighted by atomic mass is 10.1. The van der Waals surface area contributed by atoms with Crippen LogP contribution in [0.4, 0.5) is 5.82 Å². The predicted octanol–water partition coefficient (Wildman–Crippen LogP) is 3.68. The van der Waals surface area contributed by atoms with Gasteiger partial charge in [0.1, 0.15) is 18.3 Å². The molecule has 0 aliphatic carbocycles. The van der Waals surface area contributed by atoms with Gasteiger partial charge in [-0.3, -0.25) is 4.57 Å². The summed E-state index contributed by atoms with van der Waals surface area (Å²) in [6.07, 6.45) is -0.138. The van der Waals surface area contributed by atoms with E-state index in [0.29, 0.717) is 0 Å². The van der Waals surface area contributed by atoms with Crippen molar-refractivity contribution < 1.29 is 22.8 Å². The number of nitrogens with zero attached hydrogens (tertiary/aromatic N) is 4. The lowest BCUT2D eigenvalue weighted by molar-refractivity contribution is -0.0600. The fourth-order valence-electron chi connectivity index (χ4n) is 5.21. The van der Waals surface area contributed by atoms with E-state index in [2.05, 4.69) is 65.4 Å². The Morgan fingerprint density at radius 3 is 2.17 bits per heavy atom. The van der Waals surface area contributed by atoms with Crippen LogP contribution in [0.15, 0.2) is 22.1 Å². The van der Waals surface area contributed by atoms with Crippen LogP contribution in [0.1, 0.15) is 61.6 Å². The van der Waals surface area contributed by atoms with Gasteiger partial charge in [0.2, 0.25) is 0 Å². The minimum absolute atomic E-state index is 0.119. The molecule has 36 heavy (non-hydrogen) atoms. The quantitative estimate of drug-likeness (QED) is 0.317. The topological polar surface area (TPSA) is 108 Å². The molecule has 2 saturated heterocycles. The fraction of sp³-hybridized carbons (Fsp3) is 0.792. The van der Waals surface area contributed by atoms with Crippen molar-refractivity contribution in [2.45, 2.75) is 102 Å². The van der Waals surface area contributed by atoms with Crippen LogP contribution >= 0.6 is 0 Å². The first-order valence-corrected chi connectivity index (χ1v) is 16.8.